The highest BCUT2D eigenvalue weighted by atomic mass is 16.6. The fourth-order valence-electron chi connectivity index (χ4n) is 4.16. The molecule has 0 bridgehead atoms. The molecule has 1 fully saturated rings. The average molecular weight is 455 g/mol. The minimum absolute atomic E-state index is 0.290. The maximum absolute atomic E-state index is 13.1. The normalized spacial score (nSPS) is 14.7. The molecule has 0 atom stereocenters. The van der Waals surface area contributed by atoms with Crippen LogP contribution in [0, 0.1) is 6.92 Å². The van der Waals surface area contributed by atoms with Crippen molar-refractivity contribution in [1.82, 2.24) is 28.5 Å². The van der Waals surface area contributed by atoms with Crippen molar-refractivity contribution in [3.8, 4) is 0 Å². The lowest BCUT2D eigenvalue weighted by Gasteiger charge is -2.33. The Labute approximate surface area is 191 Å². The zero-order valence-electron chi connectivity index (χ0n) is 19.6. The summed E-state index contributed by atoms with van der Waals surface area (Å²) in [6.07, 6.45) is -0.290. The number of carbonyl (C=O) groups excluding carboxylic acids is 1. The molecule has 1 saturated heterocycles. The van der Waals surface area contributed by atoms with Crippen molar-refractivity contribution < 1.29 is 9.53 Å². The Morgan fingerprint density at radius 3 is 2.30 bits per heavy atom. The Balaban J connectivity index is 1.69. The Morgan fingerprint density at radius 2 is 1.67 bits per heavy atom. The topological polar surface area (TPSA) is 94.6 Å². The van der Waals surface area contributed by atoms with Crippen molar-refractivity contribution in [3.63, 3.8) is 0 Å². The van der Waals surface area contributed by atoms with Crippen LogP contribution in [0.2, 0.25) is 0 Å². The monoisotopic (exact) mass is 454 g/mol. The van der Waals surface area contributed by atoms with Gasteiger partial charge in [0.05, 0.1) is 13.2 Å². The van der Waals surface area contributed by atoms with E-state index in [1.54, 1.807) is 18.9 Å². The van der Waals surface area contributed by atoms with Gasteiger partial charge < -0.3 is 14.2 Å². The largest absolute Gasteiger partial charge is 0.450 e. The maximum Gasteiger partial charge on any atom is 0.409 e. The summed E-state index contributed by atoms with van der Waals surface area (Å²) in [5.41, 5.74) is 2.25. The maximum atomic E-state index is 13.1. The number of hydrogen-bond donors (Lipinski definition) is 0. The van der Waals surface area contributed by atoms with Gasteiger partial charge in [-0.2, -0.15) is 0 Å². The molecule has 3 heterocycles. The second-order valence-corrected chi connectivity index (χ2v) is 8.44. The van der Waals surface area contributed by atoms with Crippen molar-refractivity contribution in [3.05, 3.63) is 62.1 Å². The smallest absolute Gasteiger partial charge is 0.409 e. The molecular weight excluding hydrogens is 424 g/mol. The summed E-state index contributed by atoms with van der Waals surface area (Å²) >= 11 is 0. The average Bonchev–Trinajstić information content (AvgIpc) is 3.16. The van der Waals surface area contributed by atoms with Crippen LogP contribution in [0.4, 0.5) is 4.79 Å². The van der Waals surface area contributed by atoms with Crippen molar-refractivity contribution in [2.75, 3.05) is 32.8 Å². The lowest BCUT2D eigenvalue weighted by atomic mass is 10.1. The van der Waals surface area contributed by atoms with Gasteiger partial charge >= 0.3 is 11.8 Å². The van der Waals surface area contributed by atoms with Gasteiger partial charge in [-0.25, -0.2) is 14.6 Å². The molecule has 0 radical (unpaired) electrons. The molecule has 0 saturated carbocycles. The number of aromatic nitrogens is 4. The minimum atomic E-state index is -0.401. The first-order valence-corrected chi connectivity index (χ1v) is 11.1. The second kappa shape index (κ2) is 9.22. The van der Waals surface area contributed by atoms with E-state index in [9.17, 15) is 14.4 Å². The fraction of sp³-hybridized carbons (Fsp3) is 0.478. The summed E-state index contributed by atoms with van der Waals surface area (Å²) in [6.45, 7) is 7.64. The summed E-state index contributed by atoms with van der Waals surface area (Å²) in [6, 6.07) is 8.15. The number of aryl methyl sites for hydroxylation is 2. The number of imidazole rings is 1. The van der Waals surface area contributed by atoms with E-state index in [2.05, 4.69) is 4.90 Å². The van der Waals surface area contributed by atoms with Crippen LogP contribution >= 0.6 is 0 Å². The molecule has 3 aromatic rings. The Bertz CT molecular complexity index is 1280. The first-order valence-electron chi connectivity index (χ1n) is 11.1. The van der Waals surface area contributed by atoms with Crippen LogP contribution in [-0.4, -0.2) is 67.4 Å². The lowest BCUT2D eigenvalue weighted by Crippen LogP contribution is -2.48. The summed E-state index contributed by atoms with van der Waals surface area (Å²) in [7, 11) is 3.12. The van der Waals surface area contributed by atoms with Crippen LogP contribution in [0.15, 0.2) is 33.9 Å². The first-order chi connectivity index (χ1) is 15.8. The van der Waals surface area contributed by atoms with Crippen LogP contribution in [0.3, 0.4) is 0 Å². The van der Waals surface area contributed by atoms with Gasteiger partial charge in [0.25, 0.3) is 5.56 Å². The van der Waals surface area contributed by atoms with Gasteiger partial charge in [-0.05, 0) is 19.4 Å². The van der Waals surface area contributed by atoms with E-state index in [4.69, 9.17) is 9.72 Å². The number of piperazine rings is 1. The molecule has 0 aliphatic carbocycles. The molecule has 10 nitrogen and oxygen atoms in total. The molecule has 1 amide bonds. The van der Waals surface area contributed by atoms with Crippen LogP contribution in [0.25, 0.3) is 11.2 Å². The number of hydrogen-bond acceptors (Lipinski definition) is 6. The summed E-state index contributed by atoms with van der Waals surface area (Å²) in [5, 5.41) is 0. The van der Waals surface area contributed by atoms with E-state index in [1.165, 1.54) is 11.6 Å². The number of ether oxygens (including phenoxy) is 1. The third-order valence-corrected chi connectivity index (χ3v) is 6.15. The van der Waals surface area contributed by atoms with E-state index in [0.29, 0.717) is 62.9 Å². The Morgan fingerprint density at radius 1 is 1.00 bits per heavy atom. The van der Waals surface area contributed by atoms with Gasteiger partial charge in [0.2, 0.25) is 0 Å². The highest BCUT2D eigenvalue weighted by Crippen LogP contribution is 2.17. The number of nitrogens with zero attached hydrogens (tertiary/aromatic N) is 6. The van der Waals surface area contributed by atoms with Crippen LogP contribution in [0.1, 0.15) is 23.9 Å². The number of benzene rings is 1. The molecule has 1 aromatic carbocycles. The van der Waals surface area contributed by atoms with E-state index in [1.807, 2.05) is 35.8 Å². The van der Waals surface area contributed by atoms with Crippen LogP contribution < -0.4 is 11.2 Å². The first kappa shape index (κ1) is 22.8. The van der Waals surface area contributed by atoms with Gasteiger partial charge in [-0.3, -0.25) is 18.8 Å². The third-order valence-electron chi connectivity index (χ3n) is 6.15. The Hall–Kier alpha value is -3.40. The third kappa shape index (κ3) is 4.43. The van der Waals surface area contributed by atoms with E-state index >= 15 is 0 Å². The predicted molar refractivity (Wildman–Crippen MR) is 124 cm³/mol. The molecule has 1 aliphatic rings. The highest BCUT2D eigenvalue weighted by molar-refractivity contribution is 5.71. The summed E-state index contributed by atoms with van der Waals surface area (Å²) in [4.78, 5) is 46.2. The highest BCUT2D eigenvalue weighted by Gasteiger charge is 2.25. The molecule has 0 spiro atoms. The van der Waals surface area contributed by atoms with Gasteiger partial charge in [-0.15, -0.1) is 0 Å². The standard InChI is InChI=1S/C23H30N6O4/c1-5-33-23(32)28-12-10-27(11-13-28)15-18-24-20-19(21(30)26(4)22(31)25(20)3)29(18)14-17-8-6-16(2)7-9-17/h6-9H,5,10-15H2,1-4H3. The SMILES string of the molecule is CCOC(=O)N1CCN(Cc2nc3c(c(=O)n(C)c(=O)n3C)n2Cc2ccc(C)cc2)CC1. The van der Waals surface area contributed by atoms with Gasteiger partial charge in [0.1, 0.15) is 5.82 Å². The second-order valence-electron chi connectivity index (χ2n) is 8.44. The molecule has 33 heavy (non-hydrogen) atoms. The number of carbonyl (C=O) groups is 1. The van der Waals surface area contributed by atoms with Crippen molar-refractivity contribution in [2.24, 2.45) is 14.1 Å². The lowest BCUT2D eigenvalue weighted by molar-refractivity contribution is 0.0769. The molecule has 4 rings (SSSR count). The summed E-state index contributed by atoms with van der Waals surface area (Å²) in [5.74, 6) is 0.716. The van der Waals surface area contributed by atoms with E-state index in [0.717, 1.165) is 15.7 Å². The van der Waals surface area contributed by atoms with Gasteiger partial charge in [0, 0.05) is 46.8 Å². The van der Waals surface area contributed by atoms with Gasteiger partial charge in [-0.1, -0.05) is 29.8 Å². The minimum Gasteiger partial charge on any atom is -0.450 e. The van der Waals surface area contributed by atoms with Crippen molar-refractivity contribution in [1.29, 1.82) is 0 Å². The zero-order valence-corrected chi connectivity index (χ0v) is 19.6. The quantitative estimate of drug-likeness (QED) is 0.572. The zero-order chi connectivity index (χ0) is 23.7. The molecule has 1 aliphatic heterocycles. The molecule has 0 N–H and O–H groups in total. The van der Waals surface area contributed by atoms with E-state index < -0.39 is 5.69 Å². The molecule has 0 unspecified atom stereocenters. The summed E-state index contributed by atoms with van der Waals surface area (Å²) < 4.78 is 9.56. The molecule has 2 aromatic heterocycles. The molecule has 10 heteroatoms. The number of rotatable bonds is 5. The Kier molecular flexibility index (Phi) is 6.37. The van der Waals surface area contributed by atoms with Crippen LogP contribution in [-0.2, 0) is 31.9 Å². The van der Waals surface area contributed by atoms with Crippen molar-refractivity contribution in [2.45, 2.75) is 26.9 Å². The number of amides is 1. The fourth-order valence-corrected chi connectivity index (χ4v) is 4.16. The predicted octanol–water partition coefficient (Wildman–Crippen LogP) is 1.06. The number of fused-ring (bicyclic) bond motifs is 1. The van der Waals surface area contributed by atoms with E-state index in [-0.39, 0.29) is 11.7 Å². The van der Waals surface area contributed by atoms with Crippen LogP contribution in [0.5, 0.6) is 0 Å². The van der Waals surface area contributed by atoms with Crippen molar-refractivity contribution >= 4 is 17.3 Å². The van der Waals surface area contributed by atoms with Gasteiger partial charge in [0.15, 0.2) is 11.2 Å². The molecule has 176 valence electrons. The molecular formula is C23H30N6O4.